The third kappa shape index (κ3) is 5.01. The van der Waals surface area contributed by atoms with Gasteiger partial charge in [-0.1, -0.05) is 0 Å². The Morgan fingerprint density at radius 2 is 1.80 bits per heavy atom. The van der Waals surface area contributed by atoms with Gasteiger partial charge in [-0.25, -0.2) is 0 Å². The van der Waals surface area contributed by atoms with E-state index in [9.17, 15) is 9.59 Å². The van der Waals surface area contributed by atoms with E-state index in [0.29, 0.717) is 0 Å². The number of carboxylic acids is 2. The van der Waals surface area contributed by atoms with E-state index in [1.807, 2.05) is 0 Å². The standard InChI is InChI=1S/C4H7NO4.H3N/c5-2(4(8)9)1-3(6)7;/h2H,1,5H2,(H,6,7)(H,8,9);1H3/t2-;/m0./s1. The molecule has 0 bridgehead atoms. The van der Waals surface area contributed by atoms with Gasteiger partial charge in [-0.05, 0) is 0 Å². The van der Waals surface area contributed by atoms with E-state index in [1.54, 1.807) is 0 Å². The van der Waals surface area contributed by atoms with Crippen molar-refractivity contribution in [2.24, 2.45) is 5.73 Å². The molecule has 6 heteroatoms. The van der Waals surface area contributed by atoms with Gasteiger partial charge in [0.2, 0.25) is 0 Å². The highest BCUT2D eigenvalue weighted by molar-refractivity contribution is 5.80. The molecule has 0 fully saturated rings. The zero-order valence-corrected chi connectivity index (χ0v) is 5.28. The lowest BCUT2D eigenvalue weighted by molar-refractivity contribution is -0.144. The maximum Gasteiger partial charge on any atom is 0.321 e. The normalized spacial score (nSPS) is 11.3. The second kappa shape index (κ2) is 4.71. The van der Waals surface area contributed by atoms with Crippen LogP contribution in [-0.2, 0) is 9.59 Å². The Bertz CT molecular complexity index is 135. The van der Waals surface area contributed by atoms with Crippen LogP contribution in [0.2, 0.25) is 0 Å². The molecule has 7 N–H and O–H groups in total. The van der Waals surface area contributed by atoms with Gasteiger partial charge in [-0.2, -0.15) is 0 Å². The van der Waals surface area contributed by atoms with Gasteiger partial charge in [-0.3, -0.25) is 9.59 Å². The van der Waals surface area contributed by atoms with Crippen molar-refractivity contribution in [1.29, 1.82) is 0 Å². The molecule has 0 aliphatic rings. The highest BCUT2D eigenvalue weighted by Gasteiger charge is 2.14. The molecule has 6 nitrogen and oxygen atoms in total. The summed E-state index contributed by atoms with van der Waals surface area (Å²) >= 11 is 0. The summed E-state index contributed by atoms with van der Waals surface area (Å²) in [6, 6.07) is -1.29. The molecule has 0 spiro atoms. The van der Waals surface area contributed by atoms with E-state index >= 15 is 0 Å². The predicted molar refractivity (Wildman–Crippen MR) is 32.9 cm³/mol. The molecule has 60 valence electrons. The minimum Gasteiger partial charge on any atom is -0.481 e. The lowest BCUT2D eigenvalue weighted by Crippen LogP contribution is -2.32. The number of nitrogens with two attached hydrogens (primary N) is 1. The number of hydrogen-bond donors (Lipinski definition) is 4. The van der Waals surface area contributed by atoms with Crippen LogP contribution in [0.25, 0.3) is 0 Å². The minimum absolute atomic E-state index is 0. The van der Waals surface area contributed by atoms with Gasteiger partial charge in [0.05, 0.1) is 6.42 Å². The van der Waals surface area contributed by atoms with Gasteiger partial charge >= 0.3 is 11.9 Å². The smallest absolute Gasteiger partial charge is 0.321 e. The molecule has 0 rings (SSSR count). The third-order valence-electron chi connectivity index (χ3n) is 0.712. The Morgan fingerprint density at radius 1 is 1.40 bits per heavy atom. The van der Waals surface area contributed by atoms with Crippen molar-refractivity contribution in [2.45, 2.75) is 12.5 Å². The second-order valence-electron chi connectivity index (χ2n) is 1.54. The van der Waals surface area contributed by atoms with Gasteiger partial charge in [0, 0.05) is 0 Å². The van der Waals surface area contributed by atoms with Crippen LogP contribution in [0.15, 0.2) is 0 Å². The average Bonchev–Trinajstić information content (AvgIpc) is 1.63. The number of carbonyl (C=O) groups is 2. The van der Waals surface area contributed by atoms with Crippen LogP contribution in [0.5, 0.6) is 0 Å². The van der Waals surface area contributed by atoms with Crippen LogP contribution >= 0.6 is 0 Å². The molecule has 1 atom stereocenters. The first-order valence-corrected chi connectivity index (χ1v) is 2.24. The van der Waals surface area contributed by atoms with Gasteiger partial charge < -0.3 is 22.1 Å². The van der Waals surface area contributed by atoms with Crippen molar-refractivity contribution in [3.8, 4) is 0 Å². The maximum atomic E-state index is 9.85. The zero-order valence-electron chi connectivity index (χ0n) is 5.28. The minimum atomic E-state index is -1.29. The number of carboxylic acid groups (broad SMARTS) is 2. The van der Waals surface area contributed by atoms with Crippen LogP contribution in [0.4, 0.5) is 0 Å². The summed E-state index contributed by atoms with van der Waals surface area (Å²) in [7, 11) is 0. The number of hydrogen-bond acceptors (Lipinski definition) is 4. The highest BCUT2D eigenvalue weighted by Crippen LogP contribution is 1.86. The van der Waals surface area contributed by atoms with Crippen molar-refractivity contribution in [1.82, 2.24) is 6.15 Å². The topological polar surface area (TPSA) is 136 Å². The van der Waals surface area contributed by atoms with E-state index < -0.39 is 24.4 Å². The molecule has 0 amide bonds. The van der Waals surface area contributed by atoms with Gasteiger partial charge in [0.25, 0.3) is 0 Å². The molecule has 0 aromatic carbocycles. The second-order valence-corrected chi connectivity index (χ2v) is 1.54. The SMILES string of the molecule is N.N[C@@H](CC(=O)O)C(=O)O. The van der Waals surface area contributed by atoms with Crippen molar-refractivity contribution >= 4 is 11.9 Å². The number of aliphatic carboxylic acids is 2. The molecule has 0 saturated heterocycles. The third-order valence-corrected chi connectivity index (χ3v) is 0.712. The first-order chi connectivity index (χ1) is 4.04. The molecule has 0 aromatic rings. The Labute approximate surface area is 57.2 Å². The zero-order chi connectivity index (χ0) is 7.44. The summed E-state index contributed by atoms with van der Waals surface area (Å²) in [6.45, 7) is 0. The summed E-state index contributed by atoms with van der Waals surface area (Å²) in [5.41, 5.74) is 4.84. The summed E-state index contributed by atoms with van der Waals surface area (Å²) < 4.78 is 0. The Hall–Kier alpha value is -1.14. The van der Waals surface area contributed by atoms with Crippen LogP contribution in [0.3, 0.4) is 0 Å². The Kier molecular flexibility index (Phi) is 5.48. The van der Waals surface area contributed by atoms with Gasteiger partial charge in [0.1, 0.15) is 6.04 Å². The first kappa shape index (κ1) is 11.6. The van der Waals surface area contributed by atoms with Crippen LogP contribution in [-0.4, -0.2) is 28.2 Å². The van der Waals surface area contributed by atoms with Crippen LogP contribution in [0.1, 0.15) is 6.42 Å². The fourth-order valence-corrected chi connectivity index (χ4v) is 0.275. The molecule has 0 aromatic heterocycles. The fraction of sp³-hybridized carbons (Fsp3) is 0.500. The lowest BCUT2D eigenvalue weighted by atomic mass is 10.2. The maximum absolute atomic E-state index is 9.85. The van der Waals surface area contributed by atoms with E-state index in [2.05, 4.69) is 0 Å². The lowest BCUT2D eigenvalue weighted by Gasteiger charge is -1.99. The number of rotatable bonds is 3. The van der Waals surface area contributed by atoms with E-state index in [1.165, 1.54) is 0 Å². The molecular weight excluding hydrogens is 140 g/mol. The van der Waals surface area contributed by atoms with Crippen molar-refractivity contribution in [2.75, 3.05) is 0 Å². The quantitative estimate of drug-likeness (QED) is 0.408. The summed E-state index contributed by atoms with van der Waals surface area (Å²) in [6.07, 6.45) is -0.532. The predicted octanol–water partition coefficient (Wildman–Crippen LogP) is -0.965. The van der Waals surface area contributed by atoms with Crippen molar-refractivity contribution < 1.29 is 19.8 Å². The van der Waals surface area contributed by atoms with Crippen LogP contribution in [0, 0.1) is 0 Å². The summed E-state index contributed by atoms with van der Waals surface area (Å²) in [4.78, 5) is 19.6. The average molecular weight is 150 g/mol. The van der Waals surface area contributed by atoms with E-state index in [4.69, 9.17) is 15.9 Å². The van der Waals surface area contributed by atoms with Crippen molar-refractivity contribution in [3.63, 3.8) is 0 Å². The van der Waals surface area contributed by atoms with Crippen LogP contribution < -0.4 is 11.9 Å². The Balaban J connectivity index is 0. The molecule has 0 heterocycles. The molecular formula is C4H10N2O4. The Morgan fingerprint density at radius 3 is 1.90 bits per heavy atom. The molecule has 0 aliphatic heterocycles. The molecule has 0 unspecified atom stereocenters. The molecule has 0 aliphatic carbocycles. The summed E-state index contributed by atoms with van der Waals surface area (Å²) in [5, 5.41) is 16.0. The van der Waals surface area contributed by atoms with E-state index in [0.717, 1.165) is 0 Å². The van der Waals surface area contributed by atoms with E-state index in [-0.39, 0.29) is 6.15 Å². The fourth-order valence-electron chi connectivity index (χ4n) is 0.275. The van der Waals surface area contributed by atoms with Gasteiger partial charge in [-0.15, -0.1) is 0 Å². The monoisotopic (exact) mass is 150 g/mol. The summed E-state index contributed by atoms with van der Waals surface area (Å²) in [5.74, 6) is -2.50. The molecule has 0 saturated carbocycles. The highest BCUT2D eigenvalue weighted by atomic mass is 16.4. The first-order valence-electron chi connectivity index (χ1n) is 2.24. The van der Waals surface area contributed by atoms with Crippen molar-refractivity contribution in [3.05, 3.63) is 0 Å². The molecule has 0 radical (unpaired) electrons. The molecule has 10 heavy (non-hydrogen) atoms. The van der Waals surface area contributed by atoms with Gasteiger partial charge in [0.15, 0.2) is 0 Å². The largest absolute Gasteiger partial charge is 0.481 e.